The van der Waals surface area contributed by atoms with E-state index in [1.165, 1.54) is 16.7 Å². The Morgan fingerprint density at radius 3 is 2.31 bits per heavy atom. The molecule has 0 unspecified atom stereocenters. The van der Waals surface area contributed by atoms with Crippen LogP contribution < -0.4 is 14.5 Å². The van der Waals surface area contributed by atoms with Gasteiger partial charge >= 0.3 is 0 Å². The summed E-state index contributed by atoms with van der Waals surface area (Å²) in [4.78, 5) is 19.3. The third-order valence-corrected chi connectivity index (χ3v) is 6.97. The molecule has 1 fully saturated rings. The lowest BCUT2D eigenvalue weighted by Crippen LogP contribution is -2.47. The molecule has 0 aliphatic carbocycles. The van der Waals surface area contributed by atoms with Crippen LogP contribution in [0.15, 0.2) is 48.5 Å². The number of benzene rings is 2. The third-order valence-electron chi connectivity index (χ3n) is 6.72. The molecular formula is C28H30ClN5O. The summed E-state index contributed by atoms with van der Waals surface area (Å²) in [5, 5.41) is 1.88. The number of pyridine rings is 1. The van der Waals surface area contributed by atoms with E-state index in [2.05, 4.69) is 52.9 Å². The molecule has 2 aromatic heterocycles. The molecule has 7 heteroatoms. The first-order chi connectivity index (χ1) is 16.9. The summed E-state index contributed by atoms with van der Waals surface area (Å²) in [6.45, 7) is 9.66. The van der Waals surface area contributed by atoms with E-state index in [0.29, 0.717) is 0 Å². The molecule has 2 aromatic carbocycles. The molecule has 0 bridgehead atoms. The van der Waals surface area contributed by atoms with E-state index in [0.717, 1.165) is 77.4 Å². The van der Waals surface area contributed by atoms with Crippen LogP contribution in [0.5, 0.6) is 5.75 Å². The van der Waals surface area contributed by atoms with E-state index in [9.17, 15) is 0 Å². The zero-order valence-corrected chi connectivity index (χ0v) is 21.4. The summed E-state index contributed by atoms with van der Waals surface area (Å²) < 4.78 is 5.58. The summed E-state index contributed by atoms with van der Waals surface area (Å²) in [7, 11) is 1.70. The lowest BCUT2D eigenvalue weighted by molar-refractivity contribution is 0.419. The minimum Gasteiger partial charge on any atom is -0.494 e. The molecular weight excluding hydrogens is 458 g/mol. The van der Waals surface area contributed by atoms with Crippen LogP contribution in [0.2, 0.25) is 5.02 Å². The number of aryl methyl sites for hydroxylation is 3. The standard InChI is InChI=1S/C28H30ClN5O/c1-18-16-26(32-27-23(18)6-5-7-25(27)35-4)33-12-14-34(15-13-33)28-24(19(2)30-20(3)31-28)17-21-8-10-22(29)11-9-21/h5-11,16H,12-15,17H2,1-4H3. The first-order valence-corrected chi connectivity index (χ1v) is 12.3. The highest BCUT2D eigenvalue weighted by molar-refractivity contribution is 6.30. The molecule has 35 heavy (non-hydrogen) atoms. The molecule has 0 N–H and O–H groups in total. The number of piperazine rings is 1. The Morgan fingerprint density at radius 2 is 1.60 bits per heavy atom. The number of halogens is 1. The smallest absolute Gasteiger partial charge is 0.145 e. The highest BCUT2D eigenvalue weighted by Crippen LogP contribution is 2.31. The van der Waals surface area contributed by atoms with Crippen molar-refractivity contribution in [3.63, 3.8) is 0 Å². The molecule has 4 aromatic rings. The number of nitrogens with zero attached hydrogens (tertiary/aromatic N) is 5. The van der Waals surface area contributed by atoms with Gasteiger partial charge in [-0.1, -0.05) is 35.9 Å². The molecule has 180 valence electrons. The summed E-state index contributed by atoms with van der Waals surface area (Å²) in [6.07, 6.45) is 0.782. The second-order valence-corrected chi connectivity index (χ2v) is 9.53. The summed E-state index contributed by atoms with van der Waals surface area (Å²) in [5.41, 5.74) is 5.53. The Kier molecular flexibility index (Phi) is 6.48. The van der Waals surface area contributed by atoms with Crippen LogP contribution in [0.1, 0.15) is 28.2 Å². The average molecular weight is 488 g/mol. The molecule has 0 amide bonds. The third kappa shape index (κ3) is 4.76. The molecule has 6 nitrogen and oxygen atoms in total. The zero-order valence-electron chi connectivity index (χ0n) is 20.7. The topological polar surface area (TPSA) is 54.4 Å². The highest BCUT2D eigenvalue weighted by Gasteiger charge is 2.24. The number of ether oxygens (including phenoxy) is 1. The average Bonchev–Trinajstić information content (AvgIpc) is 2.86. The van der Waals surface area contributed by atoms with Crippen molar-refractivity contribution in [2.45, 2.75) is 27.2 Å². The number of para-hydroxylation sites is 1. The lowest BCUT2D eigenvalue weighted by Gasteiger charge is -2.37. The maximum absolute atomic E-state index is 6.09. The van der Waals surface area contributed by atoms with Crippen LogP contribution in [0.25, 0.3) is 10.9 Å². The fraction of sp³-hybridized carbons (Fsp3) is 0.321. The van der Waals surface area contributed by atoms with Crippen molar-refractivity contribution >= 4 is 34.1 Å². The molecule has 1 saturated heterocycles. The van der Waals surface area contributed by atoms with Gasteiger partial charge < -0.3 is 14.5 Å². The molecule has 0 saturated carbocycles. The minimum absolute atomic E-state index is 0.747. The second kappa shape index (κ2) is 9.70. The Hall–Kier alpha value is -3.38. The van der Waals surface area contributed by atoms with Crippen LogP contribution in [0.3, 0.4) is 0 Å². The van der Waals surface area contributed by atoms with Gasteiger partial charge in [0.25, 0.3) is 0 Å². The molecule has 5 rings (SSSR count). The van der Waals surface area contributed by atoms with Crippen LogP contribution in [-0.2, 0) is 6.42 Å². The van der Waals surface area contributed by atoms with Crippen molar-refractivity contribution in [3.05, 3.63) is 81.8 Å². The van der Waals surface area contributed by atoms with Gasteiger partial charge in [-0.25, -0.2) is 15.0 Å². The highest BCUT2D eigenvalue weighted by atomic mass is 35.5. The quantitative estimate of drug-likeness (QED) is 0.369. The van der Waals surface area contributed by atoms with Gasteiger partial charge in [0.15, 0.2) is 0 Å². The Bertz CT molecular complexity index is 1360. The van der Waals surface area contributed by atoms with Gasteiger partial charge in [-0.05, 0) is 56.2 Å². The monoisotopic (exact) mass is 487 g/mol. The molecule has 0 atom stereocenters. The largest absolute Gasteiger partial charge is 0.494 e. The number of fused-ring (bicyclic) bond motifs is 1. The van der Waals surface area contributed by atoms with E-state index < -0.39 is 0 Å². The number of anilines is 2. The molecule has 1 aliphatic heterocycles. The van der Waals surface area contributed by atoms with Gasteiger partial charge in [0, 0.05) is 54.3 Å². The van der Waals surface area contributed by atoms with Crippen LogP contribution in [0.4, 0.5) is 11.6 Å². The second-order valence-electron chi connectivity index (χ2n) is 9.09. The van der Waals surface area contributed by atoms with E-state index in [1.54, 1.807) is 7.11 Å². The number of methoxy groups -OCH3 is 1. The maximum atomic E-state index is 6.09. The van der Waals surface area contributed by atoms with E-state index in [4.69, 9.17) is 26.3 Å². The first-order valence-electron chi connectivity index (χ1n) is 12.0. The number of rotatable bonds is 5. The molecule has 0 spiro atoms. The van der Waals surface area contributed by atoms with Gasteiger partial charge in [0.1, 0.15) is 28.7 Å². The van der Waals surface area contributed by atoms with E-state index in [-0.39, 0.29) is 0 Å². The Morgan fingerprint density at radius 1 is 0.886 bits per heavy atom. The van der Waals surface area contributed by atoms with Crippen molar-refractivity contribution in [1.29, 1.82) is 0 Å². The van der Waals surface area contributed by atoms with Gasteiger partial charge in [-0.3, -0.25) is 0 Å². The van der Waals surface area contributed by atoms with E-state index >= 15 is 0 Å². The van der Waals surface area contributed by atoms with Gasteiger partial charge in [0.05, 0.1) is 7.11 Å². The lowest BCUT2D eigenvalue weighted by atomic mass is 10.0. The van der Waals surface area contributed by atoms with Crippen molar-refractivity contribution in [1.82, 2.24) is 15.0 Å². The van der Waals surface area contributed by atoms with Crippen molar-refractivity contribution in [3.8, 4) is 5.75 Å². The summed E-state index contributed by atoms with van der Waals surface area (Å²) in [5.74, 6) is 3.65. The summed E-state index contributed by atoms with van der Waals surface area (Å²) in [6, 6.07) is 16.3. The maximum Gasteiger partial charge on any atom is 0.145 e. The van der Waals surface area contributed by atoms with Crippen LogP contribution in [-0.4, -0.2) is 48.2 Å². The summed E-state index contributed by atoms with van der Waals surface area (Å²) >= 11 is 6.09. The molecule has 1 aliphatic rings. The number of hydrogen-bond acceptors (Lipinski definition) is 6. The van der Waals surface area contributed by atoms with Crippen LogP contribution in [0, 0.1) is 20.8 Å². The number of hydrogen-bond donors (Lipinski definition) is 0. The van der Waals surface area contributed by atoms with Crippen molar-refractivity contribution < 1.29 is 4.74 Å². The normalized spacial score (nSPS) is 14.0. The SMILES string of the molecule is COc1cccc2c(C)cc(N3CCN(c4nc(C)nc(C)c4Cc4ccc(Cl)cc4)CC3)nc12. The van der Waals surface area contributed by atoms with Crippen molar-refractivity contribution in [2.24, 2.45) is 0 Å². The van der Waals surface area contributed by atoms with Gasteiger partial charge in [-0.15, -0.1) is 0 Å². The van der Waals surface area contributed by atoms with Crippen LogP contribution >= 0.6 is 11.6 Å². The fourth-order valence-electron chi connectivity index (χ4n) is 4.84. The van der Waals surface area contributed by atoms with Gasteiger partial charge in [0.2, 0.25) is 0 Å². The number of aromatic nitrogens is 3. The fourth-order valence-corrected chi connectivity index (χ4v) is 4.97. The Labute approximate surface area is 211 Å². The Balaban J connectivity index is 1.39. The van der Waals surface area contributed by atoms with E-state index in [1.807, 2.05) is 31.2 Å². The molecule has 3 heterocycles. The predicted molar refractivity (Wildman–Crippen MR) is 143 cm³/mol. The zero-order chi connectivity index (χ0) is 24.5. The van der Waals surface area contributed by atoms with Crippen molar-refractivity contribution in [2.75, 3.05) is 43.1 Å². The first kappa shape index (κ1) is 23.4. The van der Waals surface area contributed by atoms with Gasteiger partial charge in [-0.2, -0.15) is 0 Å². The molecule has 0 radical (unpaired) electrons. The minimum atomic E-state index is 0.747. The predicted octanol–water partition coefficient (Wildman–Crippen LogP) is 5.53.